The summed E-state index contributed by atoms with van der Waals surface area (Å²) in [7, 11) is 1.93. The molecule has 3 heterocycles. The molecular weight excluding hydrogens is 511 g/mol. The van der Waals surface area contributed by atoms with Crippen LogP contribution in [0.4, 0.5) is 10.1 Å². The van der Waals surface area contributed by atoms with Crippen LogP contribution >= 0.6 is 0 Å². The Morgan fingerprint density at radius 1 is 1.23 bits per heavy atom. The third-order valence-corrected chi connectivity index (χ3v) is 5.75. The van der Waals surface area contributed by atoms with Gasteiger partial charge in [0.05, 0.1) is 17.9 Å². The van der Waals surface area contributed by atoms with Crippen molar-refractivity contribution in [1.82, 2.24) is 35.4 Å². The molecule has 14 heteroatoms. The summed E-state index contributed by atoms with van der Waals surface area (Å²) >= 11 is 0. The summed E-state index contributed by atoms with van der Waals surface area (Å²) in [6.07, 6.45) is 0.871. The molecule has 1 aliphatic heterocycles. The molecule has 0 bridgehead atoms. The highest BCUT2D eigenvalue weighted by Crippen LogP contribution is 2.22. The van der Waals surface area contributed by atoms with Crippen LogP contribution in [-0.2, 0) is 16.1 Å². The number of nitrogens with one attached hydrogen (secondary N) is 3. The van der Waals surface area contributed by atoms with Crippen molar-refractivity contribution in [2.45, 2.75) is 39.4 Å². The summed E-state index contributed by atoms with van der Waals surface area (Å²) in [6, 6.07) is 4.85. The van der Waals surface area contributed by atoms with Crippen LogP contribution in [0.1, 0.15) is 47.3 Å². The Morgan fingerprint density at radius 2 is 1.95 bits per heavy atom. The van der Waals surface area contributed by atoms with Gasteiger partial charge in [-0.25, -0.2) is 13.9 Å². The van der Waals surface area contributed by atoms with E-state index in [2.05, 4.69) is 26.0 Å². The van der Waals surface area contributed by atoms with Gasteiger partial charge in [-0.1, -0.05) is 19.9 Å². The van der Waals surface area contributed by atoms with E-state index >= 15 is 0 Å². The highest BCUT2D eigenvalue weighted by Gasteiger charge is 2.28. The average molecular weight is 543 g/mol. The zero-order chi connectivity index (χ0) is 28.7. The second-order valence-corrected chi connectivity index (χ2v) is 8.65. The van der Waals surface area contributed by atoms with Crippen LogP contribution in [0.5, 0.6) is 5.75 Å². The molecule has 1 unspecified atom stereocenters. The van der Waals surface area contributed by atoms with Crippen LogP contribution in [0.2, 0.25) is 0 Å². The lowest BCUT2D eigenvalue weighted by atomic mass is 10.1. The minimum Gasteiger partial charge on any atom is -0.427 e. The van der Waals surface area contributed by atoms with Crippen molar-refractivity contribution >= 4 is 35.5 Å². The first-order valence-corrected chi connectivity index (χ1v) is 12.3. The van der Waals surface area contributed by atoms with E-state index in [0.29, 0.717) is 18.7 Å². The quantitative estimate of drug-likeness (QED) is 0.222. The molecule has 3 aromatic rings. The molecule has 0 spiro atoms. The monoisotopic (exact) mass is 542 g/mol. The number of benzene rings is 1. The maximum atomic E-state index is 14.3. The molecule has 0 saturated carbocycles. The topological polar surface area (TPSA) is 173 Å². The van der Waals surface area contributed by atoms with Gasteiger partial charge < -0.3 is 31.3 Å². The molecule has 13 nitrogen and oxygen atoms in total. The maximum Gasteiger partial charge on any atom is 0.298 e. The van der Waals surface area contributed by atoms with E-state index in [0.717, 1.165) is 16.8 Å². The van der Waals surface area contributed by atoms with Crippen molar-refractivity contribution in [3.63, 3.8) is 0 Å². The van der Waals surface area contributed by atoms with E-state index in [4.69, 9.17) is 10.5 Å². The van der Waals surface area contributed by atoms with Gasteiger partial charge in [0.25, 0.3) is 18.3 Å². The molecule has 208 valence electrons. The number of aromatic nitrogens is 3. The third-order valence-electron chi connectivity index (χ3n) is 5.75. The molecule has 0 aliphatic carbocycles. The van der Waals surface area contributed by atoms with Gasteiger partial charge in [-0.05, 0) is 31.7 Å². The molecule has 1 aromatic carbocycles. The van der Waals surface area contributed by atoms with Crippen LogP contribution in [0.3, 0.4) is 0 Å². The molecule has 0 radical (unpaired) electrons. The molecule has 5 N–H and O–H groups in total. The number of likely N-dealkylation sites (N-methyl/N-ethyl adjacent to an activating group) is 1. The SMILES string of the molecule is CC.CC(NC(=O)c1cc(C(=O)NCc2ccc(OC=O)c(N)c2)nc2c(F)cnn12)C(=O)NC1CN(C)C1. The van der Waals surface area contributed by atoms with Gasteiger partial charge in [0.2, 0.25) is 5.91 Å². The van der Waals surface area contributed by atoms with Gasteiger partial charge in [0, 0.05) is 25.7 Å². The van der Waals surface area contributed by atoms with Crippen LogP contribution in [-0.4, -0.2) is 75.9 Å². The number of nitrogens with zero attached hydrogens (tertiary/aromatic N) is 4. The van der Waals surface area contributed by atoms with E-state index in [1.54, 1.807) is 6.07 Å². The van der Waals surface area contributed by atoms with Gasteiger partial charge in [0.15, 0.2) is 17.2 Å². The smallest absolute Gasteiger partial charge is 0.298 e. The molecule has 1 aliphatic rings. The second-order valence-electron chi connectivity index (χ2n) is 8.65. The lowest BCUT2D eigenvalue weighted by Crippen LogP contribution is -2.60. The Bertz CT molecular complexity index is 1370. The van der Waals surface area contributed by atoms with Crippen molar-refractivity contribution in [3.8, 4) is 5.75 Å². The minimum absolute atomic E-state index is 0.00379. The maximum absolute atomic E-state index is 14.3. The number of rotatable bonds is 9. The fourth-order valence-electron chi connectivity index (χ4n) is 3.81. The first-order chi connectivity index (χ1) is 18.7. The minimum atomic E-state index is -0.893. The number of hydrogen-bond donors (Lipinski definition) is 4. The number of nitrogens with two attached hydrogens (primary N) is 1. The summed E-state index contributed by atoms with van der Waals surface area (Å²) in [5.74, 6) is -2.46. The number of nitrogen functional groups attached to an aromatic ring is 1. The summed E-state index contributed by atoms with van der Waals surface area (Å²) in [4.78, 5) is 54.7. The second kappa shape index (κ2) is 12.8. The average Bonchev–Trinajstić information content (AvgIpc) is 3.28. The number of likely N-dealkylation sites (tertiary alicyclic amines) is 1. The zero-order valence-corrected chi connectivity index (χ0v) is 22.0. The molecule has 2 aromatic heterocycles. The number of halogens is 1. The van der Waals surface area contributed by atoms with Crippen LogP contribution in [0.25, 0.3) is 5.65 Å². The van der Waals surface area contributed by atoms with Crippen LogP contribution in [0, 0.1) is 5.82 Å². The van der Waals surface area contributed by atoms with Gasteiger partial charge >= 0.3 is 0 Å². The molecule has 39 heavy (non-hydrogen) atoms. The van der Waals surface area contributed by atoms with E-state index in [9.17, 15) is 23.6 Å². The fraction of sp³-hybridized carbons (Fsp3) is 0.360. The van der Waals surface area contributed by atoms with Gasteiger partial charge in [-0.2, -0.15) is 5.10 Å². The molecular formula is C25H31FN8O5. The molecule has 1 saturated heterocycles. The normalized spacial score (nSPS) is 13.9. The molecule has 1 atom stereocenters. The molecule has 4 rings (SSSR count). The Balaban J connectivity index is 0.00000205. The van der Waals surface area contributed by atoms with Crippen molar-refractivity contribution in [3.05, 3.63) is 53.2 Å². The van der Waals surface area contributed by atoms with E-state index in [-0.39, 0.29) is 53.4 Å². The van der Waals surface area contributed by atoms with Crippen molar-refractivity contribution < 1.29 is 28.3 Å². The lowest BCUT2D eigenvalue weighted by Gasteiger charge is -2.37. The Morgan fingerprint density at radius 3 is 2.59 bits per heavy atom. The zero-order valence-electron chi connectivity index (χ0n) is 22.0. The number of carbonyl (C=O) groups is 4. The summed E-state index contributed by atoms with van der Waals surface area (Å²) in [6.45, 7) is 7.21. The van der Waals surface area contributed by atoms with Gasteiger partial charge in [-0.15, -0.1) is 0 Å². The Hall–Kier alpha value is -4.59. The van der Waals surface area contributed by atoms with Crippen molar-refractivity contribution in [2.75, 3.05) is 25.9 Å². The van der Waals surface area contributed by atoms with E-state index < -0.39 is 23.7 Å². The number of ether oxygens (including phenoxy) is 1. The van der Waals surface area contributed by atoms with E-state index in [1.165, 1.54) is 19.1 Å². The fourth-order valence-corrected chi connectivity index (χ4v) is 3.81. The number of amides is 3. The predicted octanol–water partition coefficient (Wildman–Crippen LogP) is 0.491. The number of fused-ring (bicyclic) bond motifs is 1. The van der Waals surface area contributed by atoms with Crippen molar-refractivity contribution in [1.29, 1.82) is 0 Å². The summed E-state index contributed by atoms with van der Waals surface area (Å²) < 4.78 is 20.0. The summed E-state index contributed by atoms with van der Waals surface area (Å²) in [5.41, 5.74) is 5.86. The highest BCUT2D eigenvalue weighted by molar-refractivity contribution is 6.00. The van der Waals surface area contributed by atoms with Gasteiger partial charge in [0.1, 0.15) is 17.4 Å². The first kappa shape index (κ1) is 29.0. The number of carbonyl (C=O) groups excluding carboxylic acids is 4. The Kier molecular flexibility index (Phi) is 9.49. The summed E-state index contributed by atoms with van der Waals surface area (Å²) in [5, 5.41) is 11.8. The molecule has 3 amide bonds. The third kappa shape index (κ3) is 6.84. The van der Waals surface area contributed by atoms with E-state index in [1.807, 2.05) is 25.8 Å². The first-order valence-electron chi connectivity index (χ1n) is 12.3. The van der Waals surface area contributed by atoms with Gasteiger partial charge in [-0.3, -0.25) is 19.2 Å². The highest BCUT2D eigenvalue weighted by atomic mass is 19.1. The number of anilines is 1. The lowest BCUT2D eigenvalue weighted by molar-refractivity contribution is -0.124. The van der Waals surface area contributed by atoms with Crippen LogP contribution < -0.4 is 26.4 Å². The largest absolute Gasteiger partial charge is 0.427 e. The Labute approximate surface area is 223 Å². The van der Waals surface area contributed by atoms with Crippen molar-refractivity contribution in [2.24, 2.45) is 0 Å². The standard InChI is InChI=1S/C23H25FN8O5.C2H6/c1-12(21(34)29-14-9-31(2)10-14)28-23(36)18-6-17(30-20-15(24)8-27-32(18)20)22(35)26-7-13-3-4-19(37-11-33)16(25)5-13;1-2/h3-6,8,11-12,14H,7,9-10,25H2,1-2H3,(H,26,35)(H,28,36)(H,29,34);1-2H3. The number of hydrogen-bond acceptors (Lipinski definition) is 9. The molecule has 1 fully saturated rings. The predicted molar refractivity (Wildman–Crippen MR) is 139 cm³/mol. The van der Waals surface area contributed by atoms with Crippen LogP contribution in [0.15, 0.2) is 30.5 Å².